The van der Waals surface area contributed by atoms with Crippen LogP contribution in [-0.2, 0) is 6.42 Å². The minimum absolute atomic E-state index is 0.210. The van der Waals surface area contributed by atoms with E-state index in [1.807, 2.05) is 12.1 Å². The number of phenolic OH excluding ortho intramolecular Hbond substituents is 1. The van der Waals surface area contributed by atoms with Crippen LogP contribution in [0.5, 0.6) is 5.75 Å². The molecule has 0 saturated heterocycles. The molecule has 0 spiro atoms. The van der Waals surface area contributed by atoms with Crippen LogP contribution in [0.25, 0.3) is 0 Å². The molecule has 0 aliphatic heterocycles. The summed E-state index contributed by atoms with van der Waals surface area (Å²) in [6, 6.07) is 9.88. The second-order valence-electron chi connectivity index (χ2n) is 7.38. The molecule has 2 nitrogen and oxygen atoms in total. The van der Waals surface area contributed by atoms with Crippen molar-refractivity contribution in [1.82, 2.24) is 0 Å². The smallest absolute Gasteiger partial charge is 0.115 e. The maximum atomic E-state index is 9.65. The molecule has 1 saturated carbocycles. The van der Waals surface area contributed by atoms with Crippen LogP contribution in [0.2, 0.25) is 0 Å². The van der Waals surface area contributed by atoms with E-state index < -0.39 is 0 Å². The van der Waals surface area contributed by atoms with Gasteiger partial charge in [-0.25, -0.2) is 0 Å². The Morgan fingerprint density at radius 1 is 1.20 bits per heavy atom. The molecule has 2 rings (SSSR count). The predicted octanol–water partition coefficient (Wildman–Crippen LogP) is 4.68. The summed E-state index contributed by atoms with van der Waals surface area (Å²) in [7, 11) is 0. The van der Waals surface area contributed by atoms with Crippen LogP contribution < -0.4 is 0 Å². The summed E-state index contributed by atoms with van der Waals surface area (Å²) in [5.41, 5.74) is 1.29. The number of hydrogen-bond donors (Lipinski definition) is 1. The van der Waals surface area contributed by atoms with Gasteiger partial charge in [-0.2, -0.15) is 5.26 Å². The van der Waals surface area contributed by atoms with Crippen molar-refractivity contribution in [3.63, 3.8) is 0 Å². The molecule has 1 N–H and O–H groups in total. The number of aromatic hydroxyl groups is 1. The minimum Gasteiger partial charge on any atom is -0.508 e. The minimum atomic E-state index is -0.210. The zero-order valence-corrected chi connectivity index (χ0v) is 12.8. The predicted molar refractivity (Wildman–Crippen MR) is 81.3 cm³/mol. The Kier molecular flexibility index (Phi) is 4.09. The third-order valence-corrected chi connectivity index (χ3v) is 4.88. The van der Waals surface area contributed by atoms with Gasteiger partial charge in [0.1, 0.15) is 5.75 Å². The topological polar surface area (TPSA) is 44.0 Å². The molecule has 20 heavy (non-hydrogen) atoms. The molecule has 0 amide bonds. The first-order valence-corrected chi connectivity index (χ1v) is 7.54. The quantitative estimate of drug-likeness (QED) is 0.848. The van der Waals surface area contributed by atoms with Gasteiger partial charge in [0.05, 0.1) is 11.5 Å². The Labute approximate surface area is 122 Å². The van der Waals surface area contributed by atoms with E-state index in [-0.39, 0.29) is 11.2 Å². The lowest BCUT2D eigenvalue weighted by Gasteiger charge is -2.40. The Hall–Kier alpha value is -1.49. The maximum absolute atomic E-state index is 9.65. The first-order chi connectivity index (χ1) is 9.35. The summed E-state index contributed by atoms with van der Waals surface area (Å²) in [5.74, 6) is 1.01. The van der Waals surface area contributed by atoms with E-state index in [0.717, 1.165) is 43.6 Å². The van der Waals surface area contributed by atoms with E-state index in [1.54, 1.807) is 12.1 Å². The normalized spacial score (nSPS) is 27.0. The van der Waals surface area contributed by atoms with Gasteiger partial charge in [0, 0.05) is 0 Å². The van der Waals surface area contributed by atoms with E-state index in [0.29, 0.717) is 5.41 Å². The second kappa shape index (κ2) is 5.48. The Morgan fingerprint density at radius 2 is 1.75 bits per heavy atom. The summed E-state index contributed by atoms with van der Waals surface area (Å²) >= 11 is 0. The van der Waals surface area contributed by atoms with E-state index in [2.05, 4.69) is 26.8 Å². The molecule has 0 bridgehead atoms. The molecule has 0 unspecified atom stereocenters. The molecule has 0 atom stereocenters. The van der Waals surface area contributed by atoms with E-state index >= 15 is 0 Å². The molecule has 1 aliphatic carbocycles. The van der Waals surface area contributed by atoms with Crippen LogP contribution in [0.3, 0.4) is 0 Å². The number of hydrogen-bond acceptors (Lipinski definition) is 2. The molecule has 1 aromatic rings. The van der Waals surface area contributed by atoms with Gasteiger partial charge in [0.25, 0.3) is 0 Å². The number of benzene rings is 1. The summed E-state index contributed by atoms with van der Waals surface area (Å²) in [5, 5.41) is 19.0. The van der Waals surface area contributed by atoms with Crippen molar-refractivity contribution in [2.75, 3.05) is 0 Å². The molecule has 0 heterocycles. The summed E-state index contributed by atoms with van der Waals surface area (Å²) in [6.07, 6.45) is 5.09. The lowest BCUT2D eigenvalue weighted by molar-refractivity contribution is 0.120. The molecule has 2 heteroatoms. The molecule has 1 aromatic carbocycles. The fourth-order valence-electron chi connectivity index (χ4n) is 3.37. The van der Waals surface area contributed by atoms with E-state index in [9.17, 15) is 10.4 Å². The zero-order valence-electron chi connectivity index (χ0n) is 12.8. The average Bonchev–Trinajstić information content (AvgIpc) is 2.41. The second-order valence-corrected chi connectivity index (χ2v) is 7.38. The van der Waals surface area contributed by atoms with Gasteiger partial charge in [-0.15, -0.1) is 0 Å². The van der Waals surface area contributed by atoms with Crippen molar-refractivity contribution >= 4 is 0 Å². The standard InChI is InChI=1S/C18H25NO/c1-17(2,3)15-8-10-18(13-19,11-9-15)12-14-4-6-16(20)7-5-14/h4-7,15,20H,8-12H2,1-3H3. The summed E-state index contributed by atoms with van der Waals surface area (Å²) in [4.78, 5) is 0. The highest BCUT2D eigenvalue weighted by molar-refractivity contribution is 5.27. The van der Waals surface area contributed by atoms with Gasteiger partial charge in [0.15, 0.2) is 0 Å². The Balaban J connectivity index is 2.06. The van der Waals surface area contributed by atoms with Crippen molar-refractivity contribution in [1.29, 1.82) is 5.26 Å². The van der Waals surface area contributed by atoms with Gasteiger partial charge < -0.3 is 5.11 Å². The fraction of sp³-hybridized carbons (Fsp3) is 0.611. The van der Waals surface area contributed by atoms with Crippen molar-refractivity contribution in [3.05, 3.63) is 29.8 Å². The first kappa shape index (κ1) is 14.9. The van der Waals surface area contributed by atoms with Crippen LogP contribution in [0.15, 0.2) is 24.3 Å². The van der Waals surface area contributed by atoms with E-state index in [1.165, 1.54) is 0 Å². The van der Waals surface area contributed by atoms with Crippen LogP contribution in [0.1, 0.15) is 52.0 Å². The highest BCUT2D eigenvalue weighted by Gasteiger charge is 2.38. The van der Waals surface area contributed by atoms with Gasteiger partial charge in [-0.3, -0.25) is 0 Å². The number of rotatable bonds is 2. The van der Waals surface area contributed by atoms with Crippen molar-refractivity contribution in [2.24, 2.45) is 16.7 Å². The highest BCUT2D eigenvalue weighted by atomic mass is 16.3. The summed E-state index contributed by atoms with van der Waals surface area (Å²) in [6.45, 7) is 6.91. The fourth-order valence-corrected chi connectivity index (χ4v) is 3.37. The molecular weight excluding hydrogens is 246 g/mol. The largest absolute Gasteiger partial charge is 0.508 e. The van der Waals surface area contributed by atoms with Crippen molar-refractivity contribution in [2.45, 2.75) is 52.9 Å². The number of phenols is 1. The van der Waals surface area contributed by atoms with E-state index in [4.69, 9.17) is 0 Å². The average molecular weight is 271 g/mol. The molecule has 0 aromatic heterocycles. The molecule has 108 valence electrons. The third-order valence-electron chi connectivity index (χ3n) is 4.88. The molecule has 1 aliphatic rings. The Morgan fingerprint density at radius 3 is 2.20 bits per heavy atom. The van der Waals surface area contributed by atoms with Crippen molar-refractivity contribution in [3.8, 4) is 11.8 Å². The van der Waals surface area contributed by atoms with Gasteiger partial charge in [-0.1, -0.05) is 32.9 Å². The van der Waals surface area contributed by atoms with Crippen molar-refractivity contribution < 1.29 is 5.11 Å². The van der Waals surface area contributed by atoms with Gasteiger partial charge in [-0.05, 0) is 61.1 Å². The third kappa shape index (κ3) is 3.33. The first-order valence-electron chi connectivity index (χ1n) is 7.54. The monoisotopic (exact) mass is 271 g/mol. The Bertz CT molecular complexity index is 482. The summed E-state index contributed by atoms with van der Waals surface area (Å²) < 4.78 is 0. The molecule has 1 fully saturated rings. The molecular formula is C18H25NO. The van der Waals surface area contributed by atoms with Crippen LogP contribution in [0.4, 0.5) is 0 Å². The van der Waals surface area contributed by atoms with Crippen LogP contribution >= 0.6 is 0 Å². The maximum Gasteiger partial charge on any atom is 0.115 e. The van der Waals surface area contributed by atoms with Gasteiger partial charge in [0.2, 0.25) is 0 Å². The number of nitrogens with zero attached hydrogens (tertiary/aromatic N) is 1. The lowest BCUT2D eigenvalue weighted by Crippen LogP contribution is -2.33. The van der Waals surface area contributed by atoms with Gasteiger partial charge >= 0.3 is 0 Å². The molecule has 0 radical (unpaired) electrons. The van der Waals surface area contributed by atoms with Crippen LogP contribution in [0, 0.1) is 28.1 Å². The number of nitriles is 1. The SMILES string of the molecule is CC(C)(C)C1CCC(C#N)(Cc2ccc(O)cc2)CC1. The van der Waals surface area contributed by atoms with Crippen LogP contribution in [-0.4, -0.2) is 5.11 Å². The highest BCUT2D eigenvalue weighted by Crippen LogP contribution is 2.46. The lowest BCUT2D eigenvalue weighted by atomic mass is 9.63. The zero-order chi connectivity index (χ0) is 14.8.